The number of carbonyl (C=O) groups excluding carboxylic acids is 2. The van der Waals surface area contributed by atoms with Crippen LogP contribution in [0, 0.1) is 0 Å². The number of likely N-dealkylation sites (tertiary alicyclic amines) is 1. The van der Waals surface area contributed by atoms with Crippen LogP contribution < -0.4 is 5.73 Å². The van der Waals surface area contributed by atoms with Gasteiger partial charge in [-0.05, 0) is 24.1 Å². The minimum Gasteiger partial charge on any atom is -0.319 e. The molecule has 0 aromatic heterocycles. The molecule has 1 aromatic carbocycles. The topological polar surface area (TPSA) is 63.4 Å². The first-order valence-electron chi connectivity index (χ1n) is 5.42. The maximum absolute atomic E-state index is 11.6. The van der Waals surface area contributed by atoms with Crippen molar-refractivity contribution in [3.63, 3.8) is 0 Å². The third kappa shape index (κ3) is 2.73. The Morgan fingerprint density at radius 1 is 1.29 bits per heavy atom. The van der Waals surface area contributed by atoms with Crippen LogP contribution in [0.15, 0.2) is 28.7 Å². The largest absolute Gasteiger partial charge is 0.319 e. The Balaban J connectivity index is 1.96. The van der Waals surface area contributed by atoms with Gasteiger partial charge in [0.15, 0.2) is 0 Å². The van der Waals surface area contributed by atoms with E-state index in [1.807, 2.05) is 24.3 Å². The van der Waals surface area contributed by atoms with Gasteiger partial charge in [-0.3, -0.25) is 14.5 Å². The molecule has 1 fully saturated rings. The first-order chi connectivity index (χ1) is 8.08. The smallest absolute Gasteiger partial charge is 0.246 e. The van der Waals surface area contributed by atoms with Crippen LogP contribution in [0.2, 0.25) is 0 Å². The zero-order valence-electron chi connectivity index (χ0n) is 9.23. The number of hydrogen-bond acceptors (Lipinski definition) is 3. The normalized spacial score (nSPS) is 20.1. The molecule has 1 aliphatic rings. The molecule has 1 atom stereocenters. The second-order valence-corrected chi connectivity index (χ2v) is 4.99. The van der Waals surface area contributed by atoms with Crippen molar-refractivity contribution in [2.45, 2.75) is 18.9 Å². The van der Waals surface area contributed by atoms with Crippen molar-refractivity contribution in [1.82, 2.24) is 4.90 Å². The molecule has 4 nitrogen and oxygen atoms in total. The zero-order chi connectivity index (χ0) is 12.4. The van der Waals surface area contributed by atoms with E-state index in [4.69, 9.17) is 5.73 Å². The minimum atomic E-state index is -0.646. The van der Waals surface area contributed by atoms with E-state index in [0.29, 0.717) is 13.0 Å². The lowest BCUT2D eigenvalue weighted by Crippen LogP contribution is -2.36. The first-order valence-corrected chi connectivity index (χ1v) is 6.21. The molecule has 2 N–H and O–H groups in total. The average Bonchev–Trinajstić information content (AvgIpc) is 2.54. The van der Waals surface area contributed by atoms with Crippen molar-refractivity contribution in [3.8, 4) is 0 Å². The SMILES string of the molecule is NC1CC(=O)N(CCc2ccc(Br)cc2)C1=O. The van der Waals surface area contributed by atoms with E-state index in [0.717, 1.165) is 10.0 Å². The van der Waals surface area contributed by atoms with Gasteiger partial charge in [-0.2, -0.15) is 0 Å². The summed E-state index contributed by atoms with van der Waals surface area (Å²) >= 11 is 3.35. The molecule has 5 heteroatoms. The van der Waals surface area contributed by atoms with E-state index in [2.05, 4.69) is 15.9 Å². The van der Waals surface area contributed by atoms with Crippen molar-refractivity contribution < 1.29 is 9.59 Å². The van der Waals surface area contributed by atoms with Crippen molar-refractivity contribution in [2.24, 2.45) is 5.73 Å². The average molecular weight is 297 g/mol. The van der Waals surface area contributed by atoms with Crippen LogP contribution in [0.4, 0.5) is 0 Å². The van der Waals surface area contributed by atoms with Gasteiger partial charge in [-0.25, -0.2) is 0 Å². The van der Waals surface area contributed by atoms with E-state index in [9.17, 15) is 9.59 Å². The van der Waals surface area contributed by atoms with Crippen molar-refractivity contribution in [2.75, 3.05) is 6.54 Å². The van der Waals surface area contributed by atoms with Gasteiger partial charge in [0.1, 0.15) is 0 Å². The van der Waals surface area contributed by atoms with Gasteiger partial charge in [0.25, 0.3) is 0 Å². The number of imide groups is 1. The number of amides is 2. The number of hydrogen-bond donors (Lipinski definition) is 1. The molecule has 0 bridgehead atoms. The highest BCUT2D eigenvalue weighted by molar-refractivity contribution is 9.10. The summed E-state index contributed by atoms with van der Waals surface area (Å²) in [6, 6.07) is 7.17. The van der Waals surface area contributed by atoms with Gasteiger partial charge >= 0.3 is 0 Å². The Morgan fingerprint density at radius 2 is 1.94 bits per heavy atom. The van der Waals surface area contributed by atoms with E-state index in [1.165, 1.54) is 4.90 Å². The molecule has 2 amide bonds. The zero-order valence-corrected chi connectivity index (χ0v) is 10.8. The lowest BCUT2D eigenvalue weighted by Gasteiger charge is -2.13. The Bertz CT molecular complexity index is 444. The molecule has 0 aliphatic carbocycles. The summed E-state index contributed by atoms with van der Waals surface area (Å²) in [5.41, 5.74) is 6.62. The lowest BCUT2D eigenvalue weighted by atomic mass is 10.1. The second kappa shape index (κ2) is 4.98. The molecule has 1 unspecified atom stereocenters. The van der Waals surface area contributed by atoms with Crippen LogP contribution in [0.3, 0.4) is 0 Å². The summed E-state index contributed by atoms with van der Waals surface area (Å²) in [7, 11) is 0. The highest BCUT2D eigenvalue weighted by atomic mass is 79.9. The summed E-state index contributed by atoms with van der Waals surface area (Å²) < 4.78 is 1.01. The van der Waals surface area contributed by atoms with Crippen LogP contribution in [-0.2, 0) is 16.0 Å². The quantitative estimate of drug-likeness (QED) is 0.849. The van der Waals surface area contributed by atoms with Gasteiger partial charge in [0.05, 0.1) is 12.5 Å². The van der Waals surface area contributed by atoms with Gasteiger partial charge in [-0.1, -0.05) is 28.1 Å². The monoisotopic (exact) mass is 296 g/mol. The number of nitrogens with zero attached hydrogens (tertiary/aromatic N) is 1. The van der Waals surface area contributed by atoms with Crippen LogP contribution in [0.5, 0.6) is 0 Å². The third-order valence-electron chi connectivity index (χ3n) is 2.82. The Hall–Kier alpha value is -1.20. The van der Waals surface area contributed by atoms with E-state index in [1.54, 1.807) is 0 Å². The molecular formula is C12H13BrN2O2. The standard InChI is InChI=1S/C12H13BrN2O2/c13-9-3-1-8(2-4-9)5-6-15-11(16)7-10(14)12(15)17/h1-4,10H,5-7,14H2. The van der Waals surface area contributed by atoms with E-state index < -0.39 is 6.04 Å². The van der Waals surface area contributed by atoms with Crippen LogP contribution >= 0.6 is 15.9 Å². The van der Waals surface area contributed by atoms with Gasteiger partial charge in [-0.15, -0.1) is 0 Å². The molecule has 0 spiro atoms. The van der Waals surface area contributed by atoms with Crippen molar-refractivity contribution in [3.05, 3.63) is 34.3 Å². The summed E-state index contributed by atoms with van der Waals surface area (Å²) in [6.07, 6.45) is 0.802. The molecule has 90 valence electrons. The number of nitrogens with two attached hydrogens (primary N) is 1. The highest BCUT2D eigenvalue weighted by Gasteiger charge is 2.35. The molecule has 1 heterocycles. The minimum absolute atomic E-state index is 0.138. The van der Waals surface area contributed by atoms with E-state index in [-0.39, 0.29) is 18.2 Å². The van der Waals surface area contributed by atoms with Crippen LogP contribution in [-0.4, -0.2) is 29.3 Å². The second-order valence-electron chi connectivity index (χ2n) is 4.07. The molecule has 1 saturated heterocycles. The fraction of sp³-hybridized carbons (Fsp3) is 0.333. The van der Waals surface area contributed by atoms with E-state index >= 15 is 0 Å². The first kappa shape index (κ1) is 12.3. The maximum Gasteiger partial charge on any atom is 0.246 e. The van der Waals surface area contributed by atoms with Crippen LogP contribution in [0.25, 0.3) is 0 Å². The highest BCUT2D eigenvalue weighted by Crippen LogP contribution is 2.14. The summed E-state index contributed by atoms with van der Waals surface area (Å²) in [5, 5.41) is 0. The molecular weight excluding hydrogens is 284 g/mol. The fourth-order valence-corrected chi connectivity index (χ4v) is 2.10. The van der Waals surface area contributed by atoms with Gasteiger partial charge < -0.3 is 5.73 Å². The lowest BCUT2D eigenvalue weighted by molar-refractivity contribution is -0.138. The molecule has 0 radical (unpaired) electrons. The van der Waals surface area contributed by atoms with Gasteiger partial charge in [0.2, 0.25) is 11.8 Å². The number of benzene rings is 1. The molecule has 2 rings (SSSR count). The van der Waals surface area contributed by atoms with Crippen molar-refractivity contribution in [1.29, 1.82) is 0 Å². The Labute approximate surface area is 108 Å². The number of halogens is 1. The molecule has 17 heavy (non-hydrogen) atoms. The summed E-state index contributed by atoms with van der Waals surface area (Å²) in [4.78, 5) is 24.3. The Kier molecular flexibility index (Phi) is 3.59. The van der Waals surface area contributed by atoms with Crippen molar-refractivity contribution >= 4 is 27.7 Å². The molecule has 1 aromatic rings. The fourth-order valence-electron chi connectivity index (χ4n) is 1.84. The predicted octanol–water partition coefficient (Wildman–Crippen LogP) is 1.08. The summed E-state index contributed by atoms with van der Waals surface area (Å²) in [5.74, 6) is -0.424. The molecule has 1 aliphatic heterocycles. The third-order valence-corrected chi connectivity index (χ3v) is 3.34. The summed E-state index contributed by atoms with van der Waals surface area (Å²) in [6.45, 7) is 0.410. The predicted molar refractivity (Wildman–Crippen MR) is 67.2 cm³/mol. The van der Waals surface area contributed by atoms with Gasteiger partial charge in [0, 0.05) is 11.0 Å². The molecule has 0 saturated carbocycles. The van der Waals surface area contributed by atoms with Crippen LogP contribution in [0.1, 0.15) is 12.0 Å². The number of rotatable bonds is 3. The number of carbonyl (C=O) groups is 2. The Morgan fingerprint density at radius 3 is 2.47 bits per heavy atom. The maximum atomic E-state index is 11.6.